The number of carboxylic acids is 1. The van der Waals surface area contributed by atoms with Crippen molar-refractivity contribution in [1.82, 2.24) is 0 Å². The summed E-state index contributed by atoms with van der Waals surface area (Å²) in [6.07, 6.45) is -0.975. The molecule has 0 fully saturated rings. The second-order valence-electron chi connectivity index (χ2n) is 6.59. The number of hydrogen-bond acceptors (Lipinski definition) is 4. The zero-order valence-electron chi connectivity index (χ0n) is 16.5. The van der Waals surface area contributed by atoms with Crippen LogP contribution in [0.15, 0.2) is 76.2 Å². The average Bonchev–Trinajstić information content (AvgIpc) is 3.24. The monoisotopic (exact) mass is 448 g/mol. The van der Waals surface area contributed by atoms with Gasteiger partial charge in [-0.1, -0.05) is 18.2 Å². The molecule has 0 aliphatic carbocycles. The Labute approximate surface area is 181 Å². The minimum atomic E-state index is -4.39. The Balaban J connectivity index is 1.75. The van der Waals surface area contributed by atoms with Gasteiger partial charge in [-0.05, 0) is 60.5 Å². The van der Waals surface area contributed by atoms with E-state index in [1.807, 2.05) is 25.1 Å². The van der Waals surface area contributed by atoms with Crippen LogP contribution < -0.4 is 4.74 Å². The highest BCUT2D eigenvalue weighted by atomic mass is 32.2. The normalized spacial score (nSPS) is 12.1. The summed E-state index contributed by atoms with van der Waals surface area (Å²) in [6, 6.07) is 13.9. The van der Waals surface area contributed by atoms with Crippen LogP contribution in [0.4, 0.5) is 13.2 Å². The number of carboxylic acid groups (broad SMARTS) is 1. The van der Waals surface area contributed by atoms with Crippen molar-refractivity contribution in [3.8, 4) is 5.75 Å². The van der Waals surface area contributed by atoms with Crippen molar-refractivity contribution < 1.29 is 32.2 Å². The molecule has 0 spiro atoms. The molecule has 4 nitrogen and oxygen atoms in total. The fraction of sp³-hybridized carbons (Fsp3) is 0.174. The van der Waals surface area contributed by atoms with E-state index in [2.05, 4.69) is 0 Å². The quantitative estimate of drug-likeness (QED) is 0.410. The number of rotatable bonds is 8. The number of hydrogen-bond donors (Lipinski definition) is 1. The summed E-state index contributed by atoms with van der Waals surface area (Å²) in [5.74, 6) is 0.570. The van der Waals surface area contributed by atoms with E-state index >= 15 is 0 Å². The van der Waals surface area contributed by atoms with Crippen molar-refractivity contribution in [2.75, 3.05) is 12.4 Å². The third kappa shape index (κ3) is 6.18. The first-order chi connectivity index (χ1) is 14.7. The molecule has 0 saturated heterocycles. The Morgan fingerprint density at radius 2 is 1.90 bits per heavy atom. The maximum absolute atomic E-state index is 12.9. The first kappa shape index (κ1) is 22.6. The molecule has 0 aliphatic rings. The number of carbonyl (C=O) groups is 1. The molecule has 1 N–H and O–H groups in total. The first-order valence-corrected chi connectivity index (χ1v) is 10.2. The molecule has 162 valence electrons. The van der Waals surface area contributed by atoms with Gasteiger partial charge in [-0.15, -0.1) is 11.8 Å². The standard InChI is InChI=1S/C23H19F3O4S/c1-15-13-18(8-9-20(15)30-14-22(27)28)31-12-10-19(21-3-2-11-29-21)16-4-6-17(7-5-16)23(24,25)26/h2-11,13H,12,14H2,1H3,(H,27,28)/b19-10-. The number of alkyl halides is 3. The summed E-state index contributed by atoms with van der Waals surface area (Å²) in [6.45, 7) is 1.42. The lowest BCUT2D eigenvalue weighted by atomic mass is 10.0. The topological polar surface area (TPSA) is 59.7 Å². The average molecular weight is 448 g/mol. The van der Waals surface area contributed by atoms with E-state index in [-0.39, 0.29) is 0 Å². The summed E-state index contributed by atoms with van der Waals surface area (Å²) in [5.41, 5.74) is 1.43. The maximum Gasteiger partial charge on any atom is 0.416 e. The van der Waals surface area contributed by atoms with E-state index in [0.717, 1.165) is 22.6 Å². The van der Waals surface area contributed by atoms with E-state index < -0.39 is 24.3 Å². The fourth-order valence-corrected chi connectivity index (χ4v) is 3.73. The van der Waals surface area contributed by atoms with E-state index in [9.17, 15) is 18.0 Å². The minimum absolute atomic E-state index is 0.407. The zero-order chi connectivity index (χ0) is 22.4. The third-order valence-electron chi connectivity index (χ3n) is 4.34. The largest absolute Gasteiger partial charge is 0.482 e. The summed E-state index contributed by atoms with van der Waals surface area (Å²) in [4.78, 5) is 11.6. The molecule has 0 unspecified atom stereocenters. The Kier molecular flexibility index (Phi) is 7.12. The van der Waals surface area contributed by atoms with Gasteiger partial charge >= 0.3 is 12.1 Å². The number of benzene rings is 2. The summed E-state index contributed by atoms with van der Waals surface area (Å²) >= 11 is 1.53. The maximum atomic E-state index is 12.9. The van der Waals surface area contributed by atoms with Gasteiger partial charge in [0.25, 0.3) is 0 Å². The van der Waals surface area contributed by atoms with Gasteiger partial charge in [-0.3, -0.25) is 0 Å². The highest BCUT2D eigenvalue weighted by molar-refractivity contribution is 7.99. The van der Waals surface area contributed by atoms with Gasteiger partial charge in [-0.25, -0.2) is 4.79 Å². The van der Waals surface area contributed by atoms with Crippen molar-refractivity contribution in [2.45, 2.75) is 18.0 Å². The molecular formula is C23H19F3O4S. The fourth-order valence-electron chi connectivity index (χ4n) is 2.87. The van der Waals surface area contributed by atoms with Gasteiger partial charge in [0.15, 0.2) is 6.61 Å². The predicted octanol–water partition coefficient (Wildman–Crippen LogP) is 6.29. The molecule has 0 atom stereocenters. The van der Waals surface area contributed by atoms with Crippen molar-refractivity contribution in [1.29, 1.82) is 0 Å². The Morgan fingerprint density at radius 3 is 2.48 bits per heavy atom. The lowest BCUT2D eigenvalue weighted by Crippen LogP contribution is -2.09. The molecule has 3 rings (SSSR count). The molecule has 8 heteroatoms. The molecule has 0 bridgehead atoms. The zero-order valence-corrected chi connectivity index (χ0v) is 17.3. The highest BCUT2D eigenvalue weighted by Crippen LogP contribution is 2.32. The van der Waals surface area contributed by atoms with E-state index in [0.29, 0.717) is 28.4 Å². The van der Waals surface area contributed by atoms with Crippen LogP contribution >= 0.6 is 11.8 Å². The van der Waals surface area contributed by atoms with Gasteiger partial charge < -0.3 is 14.3 Å². The number of ether oxygens (including phenoxy) is 1. The molecule has 1 heterocycles. The molecule has 0 radical (unpaired) electrons. The Hall–Kier alpha value is -3.13. The van der Waals surface area contributed by atoms with Crippen LogP contribution in [0.2, 0.25) is 0 Å². The van der Waals surface area contributed by atoms with E-state index in [1.165, 1.54) is 30.2 Å². The molecule has 0 aliphatic heterocycles. The molecule has 31 heavy (non-hydrogen) atoms. The number of aliphatic carboxylic acids is 1. The van der Waals surface area contributed by atoms with Crippen LogP contribution in [-0.4, -0.2) is 23.4 Å². The minimum Gasteiger partial charge on any atom is -0.482 e. The van der Waals surface area contributed by atoms with Crippen LogP contribution in [0.3, 0.4) is 0 Å². The van der Waals surface area contributed by atoms with Crippen LogP contribution in [0.25, 0.3) is 5.57 Å². The second kappa shape index (κ2) is 9.78. The van der Waals surface area contributed by atoms with Gasteiger partial charge in [0.05, 0.1) is 11.8 Å². The lowest BCUT2D eigenvalue weighted by Gasteiger charge is -2.10. The van der Waals surface area contributed by atoms with E-state index in [1.54, 1.807) is 18.2 Å². The van der Waals surface area contributed by atoms with E-state index in [4.69, 9.17) is 14.3 Å². The Bertz CT molecular complexity index is 1060. The summed E-state index contributed by atoms with van der Waals surface area (Å²) in [7, 11) is 0. The van der Waals surface area contributed by atoms with Gasteiger partial charge in [0.2, 0.25) is 0 Å². The third-order valence-corrected chi connectivity index (χ3v) is 5.27. The van der Waals surface area contributed by atoms with Crippen LogP contribution in [0.5, 0.6) is 5.75 Å². The molecule has 0 amide bonds. The SMILES string of the molecule is Cc1cc(SC/C=C(/c2ccc(C(F)(F)F)cc2)c2ccco2)ccc1OCC(=O)O. The number of halogens is 3. The summed E-state index contributed by atoms with van der Waals surface area (Å²) in [5, 5.41) is 8.72. The number of thioether (sulfide) groups is 1. The second-order valence-corrected chi connectivity index (χ2v) is 7.68. The van der Waals surface area contributed by atoms with Crippen molar-refractivity contribution in [3.05, 3.63) is 89.4 Å². The van der Waals surface area contributed by atoms with Gasteiger partial charge in [0, 0.05) is 16.2 Å². The van der Waals surface area contributed by atoms with Crippen LogP contribution in [-0.2, 0) is 11.0 Å². The van der Waals surface area contributed by atoms with Gasteiger partial charge in [0.1, 0.15) is 11.5 Å². The van der Waals surface area contributed by atoms with Crippen LogP contribution in [0.1, 0.15) is 22.5 Å². The predicted molar refractivity (Wildman–Crippen MR) is 112 cm³/mol. The van der Waals surface area contributed by atoms with Gasteiger partial charge in [-0.2, -0.15) is 13.2 Å². The Morgan fingerprint density at radius 1 is 1.16 bits per heavy atom. The highest BCUT2D eigenvalue weighted by Gasteiger charge is 2.30. The molecule has 0 saturated carbocycles. The van der Waals surface area contributed by atoms with Crippen molar-refractivity contribution in [2.24, 2.45) is 0 Å². The van der Waals surface area contributed by atoms with Crippen molar-refractivity contribution >= 4 is 23.3 Å². The number of furan rings is 1. The first-order valence-electron chi connectivity index (χ1n) is 9.24. The summed E-state index contributed by atoms with van der Waals surface area (Å²) < 4.78 is 49.3. The molecular weight excluding hydrogens is 429 g/mol. The molecule has 3 aromatic rings. The molecule has 1 aromatic heterocycles. The lowest BCUT2D eigenvalue weighted by molar-refractivity contribution is -0.139. The smallest absolute Gasteiger partial charge is 0.416 e. The van der Waals surface area contributed by atoms with Crippen molar-refractivity contribution in [3.63, 3.8) is 0 Å². The molecule has 2 aromatic carbocycles. The number of aryl methyl sites for hydroxylation is 1. The van der Waals surface area contributed by atoms with Crippen LogP contribution in [0, 0.1) is 6.92 Å².